The van der Waals surface area contributed by atoms with Crippen LogP contribution >= 0.6 is 0 Å². The molecule has 0 aromatic heterocycles. The molecule has 0 aliphatic carbocycles. The quantitative estimate of drug-likeness (QED) is 0.453. The Morgan fingerprint density at radius 1 is 1.50 bits per heavy atom. The minimum atomic E-state index is -0.521. The number of likely N-dealkylation sites (tertiary alicyclic amines) is 2. The summed E-state index contributed by atoms with van der Waals surface area (Å²) in [5.41, 5.74) is 7.50. The van der Waals surface area contributed by atoms with Gasteiger partial charge in [-0.1, -0.05) is 5.11 Å². The molecule has 0 N–H and O–H groups in total. The number of ether oxygens (including phenoxy) is 1. The van der Waals surface area contributed by atoms with Crippen LogP contribution in [0, 0.1) is 5.92 Å². The highest BCUT2D eigenvalue weighted by molar-refractivity contribution is 5.80. The summed E-state index contributed by atoms with van der Waals surface area (Å²) in [6, 6.07) is 0. The largest absolute Gasteiger partial charge is 0.444 e. The highest BCUT2D eigenvalue weighted by atomic mass is 16.6. The normalized spacial score (nSPS) is 23.8. The molecule has 2 saturated heterocycles. The van der Waals surface area contributed by atoms with Gasteiger partial charge in [0.2, 0.25) is 5.91 Å². The molecule has 8 heteroatoms. The Hall–Kier alpha value is -1.95. The van der Waals surface area contributed by atoms with Crippen molar-refractivity contribution in [1.29, 1.82) is 0 Å². The first-order chi connectivity index (χ1) is 10.1. The van der Waals surface area contributed by atoms with Crippen LogP contribution in [0.5, 0.6) is 0 Å². The maximum Gasteiger partial charge on any atom is 0.410 e. The van der Waals surface area contributed by atoms with Gasteiger partial charge in [0.05, 0.1) is 5.54 Å². The number of azide groups is 1. The molecule has 1 unspecified atom stereocenters. The predicted octanol–water partition coefficient (Wildman–Crippen LogP) is 2.15. The van der Waals surface area contributed by atoms with Crippen LogP contribution in [0.3, 0.4) is 0 Å². The van der Waals surface area contributed by atoms with Gasteiger partial charge < -0.3 is 14.5 Å². The third kappa shape index (κ3) is 3.44. The Labute approximate surface area is 130 Å². The first-order valence-corrected chi connectivity index (χ1v) is 7.44. The monoisotopic (exact) mass is 309 g/mol. The molecule has 2 rings (SSSR count). The second-order valence-electron chi connectivity index (χ2n) is 7.32. The Morgan fingerprint density at radius 2 is 2.14 bits per heavy atom. The van der Waals surface area contributed by atoms with Crippen LogP contribution in [0.4, 0.5) is 4.79 Å². The van der Waals surface area contributed by atoms with Crippen molar-refractivity contribution in [2.75, 3.05) is 26.2 Å². The molecular formula is C14H23N5O3. The van der Waals surface area contributed by atoms with Crippen LogP contribution in [0.15, 0.2) is 5.11 Å². The molecule has 0 saturated carbocycles. The van der Waals surface area contributed by atoms with Crippen molar-refractivity contribution in [3.05, 3.63) is 10.4 Å². The first kappa shape index (κ1) is 16.4. The summed E-state index contributed by atoms with van der Waals surface area (Å²) in [7, 11) is 0. The van der Waals surface area contributed by atoms with E-state index in [0.717, 1.165) is 0 Å². The van der Waals surface area contributed by atoms with Crippen molar-refractivity contribution in [2.45, 2.75) is 45.3 Å². The zero-order valence-corrected chi connectivity index (χ0v) is 13.6. The van der Waals surface area contributed by atoms with Crippen LogP contribution in [-0.4, -0.2) is 59.1 Å². The van der Waals surface area contributed by atoms with E-state index in [1.165, 1.54) is 0 Å². The van der Waals surface area contributed by atoms with Crippen molar-refractivity contribution in [1.82, 2.24) is 9.80 Å². The molecule has 2 heterocycles. The summed E-state index contributed by atoms with van der Waals surface area (Å²) in [6.45, 7) is 9.32. The predicted molar refractivity (Wildman–Crippen MR) is 80.0 cm³/mol. The lowest BCUT2D eigenvalue weighted by atomic mass is 9.90. The fourth-order valence-corrected chi connectivity index (χ4v) is 2.98. The number of nitrogens with zero attached hydrogens (tertiary/aromatic N) is 5. The SMILES string of the molecule is CC(C)(C)OC(=O)N1CC(C)(N2CC(CN=[N+]=[N-])CC2=O)C1. The van der Waals surface area contributed by atoms with Gasteiger partial charge in [-0.05, 0) is 39.1 Å². The number of hydrogen-bond acceptors (Lipinski definition) is 4. The molecule has 22 heavy (non-hydrogen) atoms. The average Bonchev–Trinajstić information content (AvgIpc) is 2.72. The Balaban J connectivity index is 1.91. The van der Waals surface area contributed by atoms with Crippen LogP contribution in [0.2, 0.25) is 0 Å². The minimum absolute atomic E-state index is 0.0597. The first-order valence-electron chi connectivity index (χ1n) is 7.44. The van der Waals surface area contributed by atoms with Gasteiger partial charge in [0.25, 0.3) is 0 Å². The van der Waals surface area contributed by atoms with E-state index in [4.69, 9.17) is 10.3 Å². The third-order valence-electron chi connectivity index (χ3n) is 3.97. The molecule has 8 nitrogen and oxygen atoms in total. The molecule has 122 valence electrons. The van der Waals surface area contributed by atoms with E-state index >= 15 is 0 Å². The van der Waals surface area contributed by atoms with Crippen molar-refractivity contribution in [2.24, 2.45) is 11.0 Å². The molecule has 2 fully saturated rings. The molecule has 0 spiro atoms. The smallest absolute Gasteiger partial charge is 0.410 e. The molecule has 0 aromatic carbocycles. The molecule has 0 bridgehead atoms. The lowest BCUT2D eigenvalue weighted by molar-refractivity contribution is -0.139. The highest BCUT2D eigenvalue weighted by Crippen LogP contribution is 2.34. The second-order valence-corrected chi connectivity index (χ2v) is 7.32. The topological polar surface area (TPSA) is 98.6 Å². The lowest BCUT2D eigenvalue weighted by Crippen LogP contribution is -2.70. The number of rotatable bonds is 3. The highest BCUT2D eigenvalue weighted by Gasteiger charge is 2.51. The summed E-state index contributed by atoms with van der Waals surface area (Å²) < 4.78 is 5.33. The van der Waals surface area contributed by atoms with E-state index in [1.807, 2.05) is 32.6 Å². The Bertz CT molecular complexity index is 515. The van der Waals surface area contributed by atoms with Crippen molar-refractivity contribution in [3.63, 3.8) is 0 Å². The van der Waals surface area contributed by atoms with E-state index in [2.05, 4.69) is 10.0 Å². The van der Waals surface area contributed by atoms with Crippen LogP contribution in [-0.2, 0) is 9.53 Å². The maximum absolute atomic E-state index is 12.1. The van der Waals surface area contributed by atoms with E-state index in [0.29, 0.717) is 32.6 Å². The van der Waals surface area contributed by atoms with Gasteiger partial charge >= 0.3 is 6.09 Å². The standard InChI is InChI=1S/C14H23N5O3/c1-13(2,3)22-12(21)18-8-14(4,9-18)19-7-10(5-11(19)20)6-16-17-15/h10H,5-9H2,1-4H3. The second kappa shape index (κ2) is 5.68. The molecule has 0 radical (unpaired) electrons. The van der Waals surface area contributed by atoms with E-state index in [1.54, 1.807) is 4.90 Å². The third-order valence-corrected chi connectivity index (χ3v) is 3.97. The van der Waals surface area contributed by atoms with Crippen LogP contribution in [0.1, 0.15) is 34.1 Å². The molecule has 2 amide bonds. The Kier molecular flexibility index (Phi) is 4.24. The molecule has 1 atom stereocenters. The number of hydrogen-bond donors (Lipinski definition) is 0. The zero-order valence-electron chi connectivity index (χ0n) is 13.6. The van der Waals surface area contributed by atoms with E-state index in [9.17, 15) is 9.59 Å². The summed E-state index contributed by atoms with van der Waals surface area (Å²) >= 11 is 0. The van der Waals surface area contributed by atoms with Gasteiger partial charge in [0, 0.05) is 37.5 Å². The summed E-state index contributed by atoms with van der Waals surface area (Å²) in [4.78, 5) is 30.3. The van der Waals surface area contributed by atoms with Gasteiger partial charge in [-0.3, -0.25) is 4.79 Å². The van der Waals surface area contributed by atoms with Crippen molar-refractivity contribution < 1.29 is 14.3 Å². The Morgan fingerprint density at radius 3 is 2.68 bits per heavy atom. The summed E-state index contributed by atoms with van der Waals surface area (Å²) in [6.07, 6.45) is 0.0587. The minimum Gasteiger partial charge on any atom is -0.444 e. The summed E-state index contributed by atoms with van der Waals surface area (Å²) in [5, 5.41) is 3.55. The van der Waals surface area contributed by atoms with Crippen molar-refractivity contribution in [3.8, 4) is 0 Å². The van der Waals surface area contributed by atoms with Gasteiger partial charge in [-0.15, -0.1) is 0 Å². The van der Waals surface area contributed by atoms with Gasteiger partial charge in [-0.2, -0.15) is 0 Å². The molecule has 0 aromatic rings. The van der Waals surface area contributed by atoms with E-state index < -0.39 is 5.60 Å². The van der Waals surface area contributed by atoms with Gasteiger partial charge in [0.1, 0.15) is 5.60 Å². The number of carbonyl (C=O) groups excluding carboxylic acids is 2. The van der Waals surface area contributed by atoms with E-state index in [-0.39, 0.29) is 23.5 Å². The van der Waals surface area contributed by atoms with Gasteiger partial charge in [-0.25, -0.2) is 4.79 Å². The zero-order chi connectivity index (χ0) is 16.5. The molecule has 2 aliphatic rings. The number of amides is 2. The van der Waals surface area contributed by atoms with Crippen LogP contribution < -0.4 is 0 Å². The lowest BCUT2D eigenvalue weighted by Gasteiger charge is -2.52. The molecular weight excluding hydrogens is 286 g/mol. The van der Waals surface area contributed by atoms with Gasteiger partial charge in [0.15, 0.2) is 0 Å². The summed E-state index contributed by atoms with van der Waals surface area (Å²) in [5.74, 6) is 0.125. The van der Waals surface area contributed by atoms with Crippen molar-refractivity contribution >= 4 is 12.0 Å². The molecule has 2 aliphatic heterocycles. The fourth-order valence-electron chi connectivity index (χ4n) is 2.98. The van der Waals surface area contributed by atoms with Crippen LogP contribution in [0.25, 0.3) is 10.4 Å². The number of carbonyl (C=O) groups is 2. The fraction of sp³-hybridized carbons (Fsp3) is 0.857. The average molecular weight is 309 g/mol. The maximum atomic E-state index is 12.1.